The first-order valence-corrected chi connectivity index (χ1v) is 10.1. The molecule has 3 heteroatoms. The SMILES string of the molecule is [OH+]=CCCCCCCCCCCCCCOCCOc1ccccc1. The standard InChI is InChI=1S/C22H36O3/c23-18-14-9-7-5-3-1-2-4-6-8-10-15-19-24-20-21-25-22-16-12-11-13-17-22/h11-13,16-18H,1-10,14-15,19-21H2/p+1. The van der Waals surface area contributed by atoms with Crippen molar-refractivity contribution in [1.82, 2.24) is 0 Å². The molecule has 0 saturated carbocycles. The van der Waals surface area contributed by atoms with Crippen molar-refractivity contribution < 1.29 is 14.3 Å². The summed E-state index contributed by atoms with van der Waals surface area (Å²) in [5.41, 5.74) is 0. The normalized spacial score (nSPS) is 10.7. The highest BCUT2D eigenvalue weighted by Crippen LogP contribution is 2.12. The van der Waals surface area contributed by atoms with Crippen LogP contribution in [0, 0.1) is 0 Å². The van der Waals surface area contributed by atoms with Gasteiger partial charge in [-0.1, -0.05) is 76.0 Å². The third-order valence-corrected chi connectivity index (χ3v) is 4.36. The van der Waals surface area contributed by atoms with Gasteiger partial charge in [0, 0.05) is 6.61 Å². The number of hydrogen-bond donors (Lipinski definition) is 0. The minimum Gasteiger partial charge on any atom is -0.491 e. The molecule has 0 saturated heterocycles. The van der Waals surface area contributed by atoms with Crippen LogP contribution in [0.3, 0.4) is 0 Å². The van der Waals surface area contributed by atoms with Gasteiger partial charge in [-0.25, -0.2) is 0 Å². The maximum Gasteiger partial charge on any atom is 0.281 e. The average molecular weight is 350 g/mol. The van der Waals surface area contributed by atoms with Crippen LogP contribution in [0.1, 0.15) is 77.0 Å². The lowest BCUT2D eigenvalue weighted by Gasteiger charge is -2.07. The van der Waals surface area contributed by atoms with E-state index in [1.807, 2.05) is 30.3 Å². The van der Waals surface area contributed by atoms with Crippen LogP contribution >= 0.6 is 0 Å². The van der Waals surface area contributed by atoms with Gasteiger partial charge in [0.25, 0.3) is 6.29 Å². The van der Waals surface area contributed by atoms with E-state index in [-0.39, 0.29) is 0 Å². The van der Waals surface area contributed by atoms with Crippen molar-refractivity contribution in [2.75, 3.05) is 19.8 Å². The Morgan fingerprint density at radius 2 is 1.20 bits per heavy atom. The molecule has 0 aromatic heterocycles. The van der Waals surface area contributed by atoms with Crippen molar-refractivity contribution in [2.24, 2.45) is 0 Å². The Balaban J connectivity index is 1.70. The van der Waals surface area contributed by atoms with Gasteiger partial charge in [0.05, 0.1) is 13.0 Å². The second-order valence-corrected chi connectivity index (χ2v) is 6.63. The number of hydrogen-bond acceptors (Lipinski definition) is 2. The van der Waals surface area contributed by atoms with E-state index < -0.39 is 0 Å². The Morgan fingerprint density at radius 1 is 0.640 bits per heavy atom. The molecule has 0 aliphatic carbocycles. The topological polar surface area (TPSA) is 39.9 Å². The number of aldehydes is 1. The van der Waals surface area contributed by atoms with Crippen molar-refractivity contribution in [1.29, 1.82) is 0 Å². The molecular weight excluding hydrogens is 312 g/mol. The van der Waals surface area contributed by atoms with E-state index in [1.54, 1.807) is 0 Å². The van der Waals surface area contributed by atoms with Crippen molar-refractivity contribution in [3.05, 3.63) is 30.3 Å². The fraction of sp³-hybridized carbons (Fsp3) is 0.682. The Hall–Kier alpha value is -1.35. The lowest BCUT2D eigenvalue weighted by molar-refractivity contribution is 0.0970. The van der Waals surface area contributed by atoms with Gasteiger partial charge in [0.1, 0.15) is 12.4 Å². The molecule has 0 bridgehead atoms. The molecule has 1 aromatic carbocycles. The van der Waals surface area contributed by atoms with Crippen LogP contribution < -0.4 is 4.74 Å². The highest BCUT2D eigenvalue weighted by Gasteiger charge is 1.95. The zero-order valence-corrected chi connectivity index (χ0v) is 15.8. The van der Waals surface area contributed by atoms with Gasteiger partial charge >= 0.3 is 0 Å². The van der Waals surface area contributed by atoms with Crippen LogP contribution in [0.4, 0.5) is 0 Å². The van der Waals surface area contributed by atoms with E-state index in [4.69, 9.17) is 14.3 Å². The summed E-state index contributed by atoms with van der Waals surface area (Å²) in [4.78, 5) is 8.59. The van der Waals surface area contributed by atoms with Gasteiger partial charge in [-0.15, -0.1) is 0 Å². The molecule has 0 aliphatic heterocycles. The van der Waals surface area contributed by atoms with Gasteiger partial charge in [-0.3, -0.25) is 4.79 Å². The number of benzene rings is 1. The number of rotatable bonds is 18. The molecule has 0 fully saturated rings. The van der Waals surface area contributed by atoms with Crippen LogP contribution in [0.15, 0.2) is 30.3 Å². The lowest BCUT2D eigenvalue weighted by atomic mass is 10.1. The molecule has 25 heavy (non-hydrogen) atoms. The van der Waals surface area contributed by atoms with Crippen LogP contribution in [0.2, 0.25) is 0 Å². The molecule has 3 nitrogen and oxygen atoms in total. The van der Waals surface area contributed by atoms with Crippen LogP contribution in [0.5, 0.6) is 5.75 Å². The first kappa shape index (κ1) is 21.7. The second kappa shape index (κ2) is 17.5. The molecular formula is C22H37O3+. The zero-order valence-electron chi connectivity index (χ0n) is 15.8. The van der Waals surface area contributed by atoms with E-state index >= 15 is 0 Å². The minimum atomic E-state index is 0.627. The predicted octanol–water partition coefficient (Wildman–Crippen LogP) is 5.94. The van der Waals surface area contributed by atoms with E-state index in [1.165, 1.54) is 64.1 Å². The Morgan fingerprint density at radius 3 is 1.80 bits per heavy atom. The summed E-state index contributed by atoms with van der Waals surface area (Å²) in [6.45, 7) is 2.15. The first-order valence-electron chi connectivity index (χ1n) is 10.1. The van der Waals surface area contributed by atoms with Crippen molar-refractivity contribution >= 4 is 6.29 Å². The molecule has 0 heterocycles. The third-order valence-electron chi connectivity index (χ3n) is 4.36. The molecule has 142 valence electrons. The van der Waals surface area contributed by atoms with Crippen LogP contribution in [-0.4, -0.2) is 30.9 Å². The maximum absolute atomic E-state index is 8.59. The Labute approximate surface area is 154 Å². The van der Waals surface area contributed by atoms with E-state index in [0.29, 0.717) is 13.2 Å². The molecule has 1 N–H and O–H groups in total. The quantitative estimate of drug-likeness (QED) is 0.187. The van der Waals surface area contributed by atoms with Gasteiger partial charge in [-0.2, -0.15) is 0 Å². The average Bonchev–Trinajstić information content (AvgIpc) is 2.65. The summed E-state index contributed by atoms with van der Waals surface area (Å²) in [7, 11) is 0. The predicted molar refractivity (Wildman–Crippen MR) is 106 cm³/mol. The number of ether oxygens (including phenoxy) is 2. The largest absolute Gasteiger partial charge is 0.491 e. The molecule has 0 radical (unpaired) electrons. The fourth-order valence-electron chi connectivity index (χ4n) is 2.87. The maximum atomic E-state index is 8.59. The zero-order chi connectivity index (χ0) is 17.8. The van der Waals surface area contributed by atoms with Crippen LogP contribution in [-0.2, 0) is 4.74 Å². The highest BCUT2D eigenvalue weighted by molar-refractivity contribution is 5.50. The molecule has 0 atom stereocenters. The minimum absolute atomic E-state index is 0.627. The van der Waals surface area contributed by atoms with Gasteiger partial charge in [0.15, 0.2) is 0 Å². The monoisotopic (exact) mass is 349 g/mol. The van der Waals surface area contributed by atoms with Gasteiger partial charge < -0.3 is 9.47 Å². The van der Waals surface area contributed by atoms with E-state index in [9.17, 15) is 0 Å². The highest BCUT2D eigenvalue weighted by atomic mass is 16.5. The Kier molecular flexibility index (Phi) is 15.2. The smallest absolute Gasteiger partial charge is 0.281 e. The second-order valence-electron chi connectivity index (χ2n) is 6.63. The fourth-order valence-corrected chi connectivity index (χ4v) is 2.87. The van der Waals surface area contributed by atoms with Crippen molar-refractivity contribution in [2.45, 2.75) is 77.0 Å². The number of unbranched alkanes of at least 4 members (excludes halogenated alkanes) is 11. The van der Waals surface area contributed by atoms with E-state index in [2.05, 4.69) is 0 Å². The molecule has 0 unspecified atom stereocenters. The summed E-state index contributed by atoms with van der Waals surface area (Å²) in [5, 5.41) is 0. The molecule has 0 amide bonds. The van der Waals surface area contributed by atoms with E-state index in [0.717, 1.165) is 31.6 Å². The molecule has 0 spiro atoms. The lowest BCUT2D eigenvalue weighted by Crippen LogP contribution is -2.07. The summed E-state index contributed by atoms with van der Waals surface area (Å²) in [6, 6.07) is 9.89. The van der Waals surface area contributed by atoms with Gasteiger partial charge in [0.2, 0.25) is 0 Å². The summed E-state index contributed by atoms with van der Waals surface area (Å²) in [6.07, 6.45) is 16.4. The molecule has 0 aliphatic rings. The Bertz CT molecular complexity index is 392. The molecule has 1 aromatic rings. The summed E-state index contributed by atoms with van der Waals surface area (Å²) >= 11 is 0. The summed E-state index contributed by atoms with van der Waals surface area (Å²) in [5.74, 6) is 0.912. The van der Waals surface area contributed by atoms with Crippen molar-refractivity contribution in [3.63, 3.8) is 0 Å². The third kappa shape index (κ3) is 14.7. The first-order chi connectivity index (χ1) is 12.4. The van der Waals surface area contributed by atoms with Crippen LogP contribution in [0.25, 0.3) is 0 Å². The number of para-hydroxylation sites is 1. The summed E-state index contributed by atoms with van der Waals surface area (Å²) < 4.78 is 11.2. The number of carbonyl (C=O) groups excluding carboxylic acids is 1. The molecule has 1 rings (SSSR count). The van der Waals surface area contributed by atoms with Crippen molar-refractivity contribution in [3.8, 4) is 5.75 Å². The van der Waals surface area contributed by atoms with Gasteiger partial charge in [-0.05, 0) is 25.0 Å².